The third kappa shape index (κ3) is 5.41. The summed E-state index contributed by atoms with van der Waals surface area (Å²) in [5, 5.41) is 3.49. The number of benzene rings is 1. The predicted molar refractivity (Wildman–Crippen MR) is 85.8 cm³/mol. The van der Waals surface area contributed by atoms with Crippen LogP contribution in [0.15, 0.2) is 40.4 Å². The van der Waals surface area contributed by atoms with E-state index in [1.165, 1.54) is 0 Å². The number of nitrogens with zero attached hydrogens (tertiary/aromatic N) is 4. The fraction of sp³-hybridized carbons (Fsp3) is 0.500. The summed E-state index contributed by atoms with van der Waals surface area (Å²) in [6, 6.07) is 9.76. The van der Waals surface area contributed by atoms with Gasteiger partial charge in [-0.2, -0.15) is 0 Å². The Bertz CT molecular complexity index is 491. The largest absolute Gasteiger partial charge is 0.283 e. The minimum absolute atomic E-state index is 0.0965. The Morgan fingerprint density at radius 3 is 2.50 bits per heavy atom. The van der Waals surface area contributed by atoms with Crippen molar-refractivity contribution in [1.29, 1.82) is 0 Å². The molecule has 6 heteroatoms. The molecule has 0 unspecified atom stereocenters. The molecule has 0 aliphatic rings. The van der Waals surface area contributed by atoms with Gasteiger partial charge in [0.1, 0.15) is 0 Å². The minimum atomic E-state index is -1.09. The highest BCUT2D eigenvalue weighted by Crippen LogP contribution is 2.32. The summed E-state index contributed by atoms with van der Waals surface area (Å²) in [6.07, 6.45) is 1.09. The SMILES string of the molecule is CC(C)N=C(c1ccccc1)C(Cl)(Cl)CCCN=[N+]=[N-]. The Hall–Kier alpha value is -1.22. The molecule has 1 rings (SSSR count). The Morgan fingerprint density at radius 2 is 1.95 bits per heavy atom. The van der Waals surface area contributed by atoms with E-state index in [9.17, 15) is 0 Å². The van der Waals surface area contributed by atoms with Crippen molar-refractivity contribution in [2.24, 2.45) is 10.1 Å². The van der Waals surface area contributed by atoms with Crippen LogP contribution in [-0.4, -0.2) is 22.6 Å². The van der Waals surface area contributed by atoms with E-state index in [-0.39, 0.29) is 6.04 Å². The van der Waals surface area contributed by atoms with Gasteiger partial charge in [0.15, 0.2) is 4.33 Å². The van der Waals surface area contributed by atoms with Gasteiger partial charge in [-0.05, 0) is 37.8 Å². The fourth-order valence-electron chi connectivity index (χ4n) is 1.77. The quantitative estimate of drug-likeness (QED) is 0.167. The van der Waals surface area contributed by atoms with Crippen molar-refractivity contribution in [2.75, 3.05) is 6.54 Å². The topological polar surface area (TPSA) is 61.1 Å². The van der Waals surface area contributed by atoms with Gasteiger partial charge in [-0.1, -0.05) is 58.6 Å². The maximum Gasteiger partial charge on any atom is 0.160 e. The number of alkyl halides is 2. The van der Waals surface area contributed by atoms with Crippen LogP contribution in [0.4, 0.5) is 0 Å². The van der Waals surface area contributed by atoms with Gasteiger partial charge < -0.3 is 0 Å². The van der Waals surface area contributed by atoms with Crippen LogP contribution in [0, 0.1) is 0 Å². The smallest absolute Gasteiger partial charge is 0.160 e. The van der Waals surface area contributed by atoms with E-state index in [1.807, 2.05) is 44.2 Å². The lowest BCUT2D eigenvalue weighted by atomic mass is 10.0. The van der Waals surface area contributed by atoms with E-state index < -0.39 is 4.33 Å². The van der Waals surface area contributed by atoms with Gasteiger partial charge in [0.05, 0.1) is 5.71 Å². The molecule has 1 aromatic carbocycles. The van der Waals surface area contributed by atoms with E-state index in [0.29, 0.717) is 25.1 Å². The number of halogens is 2. The van der Waals surface area contributed by atoms with Crippen molar-refractivity contribution in [1.82, 2.24) is 0 Å². The van der Waals surface area contributed by atoms with E-state index >= 15 is 0 Å². The molecule has 0 N–H and O–H groups in total. The third-order valence-corrected chi connectivity index (χ3v) is 3.33. The average Bonchev–Trinajstić information content (AvgIpc) is 2.42. The highest BCUT2D eigenvalue weighted by molar-refractivity contribution is 6.60. The maximum absolute atomic E-state index is 8.27. The zero-order valence-corrected chi connectivity index (χ0v) is 13.1. The molecule has 0 aliphatic carbocycles. The molecular formula is C14H18Cl2N4. The van der Waals surface area contributed by atoms with Crippen molar-refractivity contribution < 1.29 is 0 Å². The Kier molecular flexibility index (Phi) is 6.86. The van der Waals surface area contributed by atoms with Crippen LogP contribution in [0.1, 0.15) is 32.3 Å². The third-order valence-electron chi connectivity index (χ3n) is 2.59. The van der Waals surface area contributed by atoms with Gasteiger partial charge in [-0.3, -0.25) is 4.99 Å². The number of hydrogen-bond donors (Lipinski definition) is 0. The highest BCUT2D eigenvalue weighted by Gasteiger charge is 2.31. The molecule has 0 saturated carbocycles. The molecule has 0 aromatic heterocycles. The van der Waals surface area contributed by atoms with E-state index in [2.05, 4.69) is 15.0 Å². The maximum atomic E-state index is 8.27. The van der Waals surface area contributed by atoms with Gasteiger partial charge in [0, 0.05) is 17.5 Å². The van der Waals surface area contributed by atoms with Crippen LogP contribution in [0.2, 0.25) is 0 Å². The molecule has 0 bridgehead atoms. The summed E-state index contributed by atoms with van der Waals surface area (Å²) in [4.78, 5) is 7.28. The Morgan fingerprint density at radius 1 is 1.30 bits per heavy atom. The van der Waals surface area contributed by atoms with E-state index in [1.54, 1.807) is 0 Å². The van der Waals surface area contributed by atoms with Crippen LogP contribution < -0.4 is 0 Å². The van der Waals surface area contributed by atoms with Crippen LogP contribution in [0.3, 0.4) is 0 Å². The van der Waals surface area contributed by atoms with Crippen molar-refractivity contribution in [2.45, 2.75) is 37.1 Å². The zero-order valence-electron chi connectivity index (χ0n) is 11.6. The van der Waals surface area contributed by atoms with Gasteiger partial charge in [0.25, 0.3) is 0 Å². The second-order valence-corrected chi connectivity index (χ2v) is 6.18. The summed E-state index contributed by atoms with van der Waals surface area (Å²) in [5.41, 5.74) is 9.85. The molecule has 20 heavy (non-hydrogen) atoms. The molecule has 0 spiro atoms. The van der Waals surface area contributed by atoms with E-state index in [0.717, 1.165) is 5.56 Å². The second kappa shape index (κ2) is 8.15. The van der Waals surface area contributed by atoms with Gasteiger partial charge in [0.2, 0.25) is 0 Å². The van der Waals surface area contributed by atoms with Crippen molar-refractivity contribution in [3.05, 3.63) is 46.3 Å². The fourth-order valence-corrected chi connectivity index (χ4v) is 2.35. The molecule has 0 atom stereocenters. The first kappa shape index (κ1) is 16.8. The summed E-state index contributed by atoms with van der Waals surface area (Å²) >= 11 is 12.9. The first-order valence-corrected chi connectivity index (χ1v) is 7.25. The number of rotatable bonds is 7. The molecule has 0 fully saturated rings. The van der Waals surface area contributed by atoms with E-state index in [4.69, 9.17) is 28.7 Å². The molecule has 4 nitrogen and oxygen atoms in total. The summed E-state index contributed by atoms with van der Waals surface area (Å²) in [5.74, 6) is 0. The Balaban J connectivity index is 2.95. The molecule has 0 radical (unpaired) electrons. The molecule has 0 amide bonds. The van der Waals surface area contributed by atoms with Gasteiger partial charge >= 0.3 is 0 Å². The van der Waals surface area contributed by atoms with Crippen molar-refractivity contribution in [3.8, 4) is 0 Å². The summed E-state index contributed by atoms with van der Waals surface area (Å²) < 4.78 is -1.09. The number of hydrogen-bond acceptors (Lipinski definition) is 2. The van der Waals surface area contributed by atoms with Crippen molar-refractivity contribution >= 4 is 28.9 Å². The first-order chi connectivity index (χ1) is 9.47. The lowest BCUT2D eigenvalue weighted by molar-refractivity contribution is 0.735. The lowest BCUT2D eigenvalue weighted by Crippen LogP contribution is -2.28. The summed E-state index contributed by atoms with van der Waals surface area (Å²) in [7, 11) is 0. The molecule has 0 saturated heterocycles. The molecule has 0 heterocycles. The first-order valence-electron chi connectivity index (χ1n) is 6.49. The summed E-state index contributed by atoms with van der Waals surface area (Å²) in [6.45, 7) is 4.33. The molecular weight excluding hydrogens is 295 g/mol. The number of azide groups is 1. The highest BCUT2D eigenvalue weighted by atomic mass is 35.5. The van der Waals surface area contributed by atoms with Gasteiger partial charge in [-0.15, -0.1) is 0 Å². The van der Waals surface area contributed by atoms with Crippen molar-refractivity contribution in [3.63, 3.8) is 0 Å². The van der Waals surface area contributed by atoms with Crippen LogP contribution in [-0.2, 0) is 0 Å². The monoisotopic (exact) mass is 312 g/mol. The number of aliphatic imine (C=N–C) groups is 1. The van der Waals surface area contributed by atoms with Crippen LogP contribution in [0.25, 0.3) is 10.4 Å². The molecule has 1 aromatic rings. The van der Waals surface area contributed by atoms with Crippen LogP contribution >= 0.6 is 23.2 Å². The average molecular weight is 313 g/mol. The zero-order chi connectivity index (χ0) is 15.0. The molecule has 108 valence electrons. The molecule has 0 aliphatic heterocycles. The van der Waals surface area contributed by atoms with Gasteiger partial charge in [-0.25, -0.2) is 0 Å². The standard InChI is InChI=1S/C14H18Cl2N4/c1-11(2)19-13(12-7-4-3-5-8-12)14(15,16)9-6-10-18-20-17/h3-5,7-8,11H,6,9-10H2,1-2H3. The second-order valence-electron chi connectivity index (χ2n) is 4.70. The predicted octanol–water partition coefficient (Wildman–Crippen LogP) is 5.15. The lowest BCUT2D eigenvalue weighted by Gasteiger charge is -2.23. The minimum Gasteiger partial charge on any atom is -0.283 e. The van der Waals surface area contributed by atoms with Crippen LogP contribution in [0.5, 0.6) is 0 Å². The Labute approximate surface area is 129 Å². The normalized spacial score (nSPS) is 12.3.